The Balaban J connectivity index is 1.53. The molecule has 4 heteroatoms. The molecule has 4 nitrogen and oxygen atoms in total. The lowest BCUT2D eigenvalue weighted by Crippen LogP contribution is -2.13. The Labute approximate surface area is 152 Å². The van der Waals surface area contributed by atoms with E-state index in [9.17, 15) is 9.59 Å². The Kier molecular flexibility index (Phi) is 5.78. The first-order chi connectivity index (χ1) is 12.7. The predicted molar refractivity (Wildman–Crippen MR) is 99.0 cm³/mol. The first-order valence-electron chi connectivity index (χ1n) is 8.24. The van der Waals surface area contributed by atoms with Crippen molar-refractivity contribution in [1.29, 1.82) is 0 Å². The zero-order chi connectivity index (χ0) is 18.2. The van der Waals surface area contributed by atoms with Crippen LogP contribution in [-0.2, 0) is 0 Å². The van der Waals surface area contributed by atoms with Gasteiger partial charge in [0.1, 0.15) is 11.5 Å². The fourth-order valence-corrected chi connectivity index (χ4v) is 2.34. The van der Waals surface area contributed by atoms with E-state index >= 15 is 0 Å². The third kappa shape index (κ3) is 4.80. The second-order valence-electron chi connectivity index (χ2n) is 5.63. The zero-order valence-electron chi connectivity index (χ0n) is 14.1. The lowest BCUT2D eigenvalue weighted by molar-refractivity contribution is 0.0911. The smallest absolute Gasteiger partial charge is 0.200 e. The van der Waals surface area contributed by atoms with Crippen molar-refractivity contribution in [2.45, 2.75) is 0 Å². The van der Waals surface area contributed by atoms with Gasteiger partial charge in [0, 0.05) is 11.1 Å². The first kappa shape index (κ1) is 17.4. The average Bonchev–Trinajstić information content (AvgIpc) is 2.72. The Morgan fingerprint density at radius 1 is 0.538 bits per heavy atom. The molecular formula is C22H18O4. The molecule has 3 rings (SSSR count). The fourth-order valence-electron chi connectivity index (χ4n) is 2.34. The summed E-state index contributed by atoms with van der Waals surface area (Å²) in [6.07, 6.45) is 0. The molecule has 3 aromatic carbocycles. The number of Topliss-reactive ketones (excluding diaryl/α,β-unsaturated/α-hetero) is 2. The molecular weight excluding hydrogens is 328 g/mol. The fraction of sp³-hybridized carbons (Fsp3) is 0.0909. The molecule has 0 aliphatic rings. The average molecular weight is 346 g/mol. The largest absolute Gasteiger partial charge is 0.485 e. The molecule has 0 radical (unpaired) electrons. The normalized spacial score (nSPS) is 10.2. The number of hydrogen-bond donors (Lipinski definition) is 0. The van der Waals surface area contributed by atoms with Gasteiger partial charge < -0.3 is 9.47 Å². The zero-order valence-corrected chi connectivity index (χ0v) is 14.1. The highest BCUT2D eigenvalue weighted by Crippen LogP contribution is 2.12. The number of carbonyl (C=O) groups excluding carboxylic acids is 2. The van der Waals surface area contributed by atoms with E-state index in [1.54, 1.807) is 48.5 Å². The molecule has 0 N–H and O–H groups in total. The van der Waals surface area contributed by atoms with Crippen LogP contribution in [0.3, 0.4) is 0 Å². The van der Waals surface area contributed by atoms with Gasteiger partial charge in [-0.05, 0) is 24.3 Å². The molecule has 0 bridgehead atoms. The quantitative estimate of drug-likeness (QED) is 0.573. The van der Waals surface area contributed by atoms with Crippen molar-refractivity contribution in [2.75, 3.05) is 13.2 Å². The SMILES string of the molecule is O=C(COc1ccccc1)c1ccc(C(=O)COc2ccccc2)cc1. The van der Waals surface area contributed by atoms with Crippen molar-refractivity contribution in [3.05, 3.63) is 96.1 Å². The van der Waals surface area contributed by atoms with Crippen LogP contribution in [0.2, 0.25) is 0 Å². The van der Waals surface area contributed by atoms with Gasteiger partial charge in [-0.2, -0.15) is 0 Å². The lowest BCUT2D eigenvalue weighted by Gasteiger charge is -2.07. The Morgan fingerprint density at radius 2 is 0.885 bits per heavy atom. The van der Waals surface area contributed by atoms with Gasteiger partial charge in [-0.15, -0.1) is 0 Å². The van der Waals surface area contributed by atoms with Gasteiger partial charge in [-0.3, -0.25) is 9.59 Å². The highest BCUT2D eigenvalue weighted by molar-refractivity contribution is 6.00. The van der Waals surface area contributed by atoms with E-state index in [0.717, 1.165) is 0 Å². The summed E-state index contributed by atoms with van der Waals surface area (Å²) in [5.41, 5.74) is 1.00. The van der Waals surface area contributed by atoms with Gasteiger partial charge in [-0.25, -0.2) is 0 Å². The molecule has 0 fully saturated rings. The number of ether oxygens (including phenoxy) is 2. The number of rotatable bonds is 8. The number of benzene rings is 3. The minimum absolute atomic E-state index is 0.0472. The molecule has 0 amide bonds. The summed E-state index contributed by atoms with van der Waals surface area (Å²) in [4.78, 5) is 24.4. The third-order valence-electron chi connectivity index (χ3n) is 3.76. The third-order valence-corrected chi connectivity index (χ3v) is 3.76. The van der Waals surface area contributed by atoms with Crippen LogP contribution in [0.15, 0.2) is 84.9 Å². The van der Waals surface area contributed by atoms with Crippen LogP contribution in [0, 0.1) is 0 Å². The molecule has 130 valence electrons. The van der Waals surface area contributed by atoms with E-state index in [0.29, 0.717) is 22.6 Å². The van der Waals surface area contributed by atoms with E-state index in [2.05, 4.69) is 0 Å². The van der Waals surface area contributed by atoms with Crippen LogP contribution in [0.4, 0.5) is 0 Å². The standard InChI is InChI=1S/C22H18O4/c23-21(15-25-19-7-3-1-4-8-19)17-11-13-18(14-12-17)22(24)16-26-20-9-5-2-6-10-20/h1-14H,15-16H2. The van der Waals surface area contributed by atoms with Crippen LogP contribution in [0.5, 0.6) is 11.5 Å². The Morgan fingerprint density at radius 3 is 1.23 bits per heavy atom. The molecule has 0 aliphatic carbocycles. The minimum atomic E-state index is -0.145. The molecule has 0 spiro atoms. The van der Waals surface area contributed by atoms with Gasteiger partial charge >= 0.3 is 0 Å². The first-order valence-corrected chi connectivity index (χ1v) is 8.24. The molecule has 3 aromatic rings. The topological polar surface area (TPSA) is 52.6 Å². The highest BCUT2D eigenvalue weighted by Gasteiger charge is 2.10. The van der Waals surface area contributed by atoms with E-state index in [1.165, 1.54) is 0 Å². The molecule has 0 aliphatic heterocycles. The van der Waals surface area contributed by atoms with E-state index in [-0.39, 0.29) is 24.8 Å². The van der Waals surface area contributed by atoms with Crippen LogP contribution in [-0.4, -0.2) is 24.8 Å². The molecule has 0 aromatic heterocycles. The molecule has 0 saturated heterocycles. The summed E-state index contributed by atoms with van der Waals surface area (Å²) in [5, 5.41) is 0. The second-order valence-corrected chi connectivity index (χ2v) is 5.63. The monoisotopic (exact) mass is 346 g/mol. The second kappa shape index (κ2) is 8.62. The van der Waals surface area contributed by atoms with Crippen LogP contribution >= 0.6 is 0 Å². The van der Waals surface area contributed by atoms with Gasteiger partial charge in [0.15, 0.2) is 24.8 Å². The summed E-state index contributed by atoms with van der Waals surface area (Å²) >= 11 is 0. The van der Waals surface area contributed by atoms with Crippen molar-refractivity contribution in [3.63, 3.8) is 0 Å². The van der Waals surface area contributed by atoms with Gasteiger partial charge in [0.25, 0.3) is 0 Å². The van der Waals surface area contributed by atoms with Gasteiger partial charge in [0.2, 0.25) is 0 Å². The maximum absolute atomic E-state index is 12.2. The van der Waals surface area contributed by atoms with E-state index in [4.69, 9.17) is 9.47 Å². The van der Waals surface area contributed by atoms with E-state index < -0.39 is 0 Å². The van der Waals surface area contributed by atoms with Crippen molar-refractivity contribution < 1.29 is 19.1 Å². The maximum Gasteiger partial charge on any atom is 0.200 e. The Bertz CT molecular complexity index is 781. The molecule has 0 atom stereocenters. The van der Waals surface area contributed by atoms with Crippen molar-refractivity contribution in [2.24, 2.45) is 0 Å². The van der Waals surface area contributed by atoms with Crippen LogP contribution in [0.25, 0.3) is 0 Å². The van der Waals surface area contributed by atoms with E-state index in [1.807, 2.05) is 36.4 Å². The summed E-state index contributed by atoms with van der Waals surface area (Å²) in [6, 6.07) is 24.8. The molecule has 0 saturated carbocycles. The summed E-state index contributed by atoms with van der Waals surface area (Å²) in [6.45, 7) is -0.0944. The number of hydrogen-bond acceptors (Lipinski definition) is 4. The summed E-state index contributed by atoms with van der Waals surface area (Å²) in [7, 11) is 0. The summed E-state index contributed by atoms with van der Waals surface area (Å²) < 4.78 is 10.9. The predicted octanol–water partition coefficient (Wildman–Crippen LogP) is 4.21. The van der Waals surface area contributed by atoms with Gasteiger partial charge in [0.05, 0.1) is 0 Å². The maximum atomic E-state index is 12.2. The Hall–Kier alpha value is -3.40. The number of ketones is 2. The van der Waals surface area contributed by atoms with Crippen molar-refractivity contribution in [3.8, 4) is 11.5 Å². The molecule has 0 heterocycles. The lowest BCUT2D eigenvalue weighted by atomic mass is 10.1. The summed E-state index contributed by atoms with van der Waals surface area (Å²) in [5.74, 6) is 0.998. The van der Waals surface area contributed by atoms with Crippen molar-refractivity contribution >= 4 is 11.6 Å². The van der Waals surface area contributed by atoms with Gasteiger partial charge in [-0.1, -0.05) is 60.7 Å². The molecule has 26 heavy (non-hydrogen) atoms. The number of para-hydroxylation sites is 2. The minimum Gasteiger partial charge on any atom is -0.485 e. The molecule has 0 unspecified atom stereocenters. The highest BCUT2D eigenvalue weighted by atomic mass is 16.5. The van der Waals surface area contributed by atoms with Crippen molar-refractivity contribution in [1.82, 2.24) is 0 Å². The van der Waals surface area contributed by atoms with Crippen LogP contribution < -0.4 is 9.47 Å². The number of carbonyl (C=O) groups is 2. The van der Waals surface area contributed by atoms with Crippen LogP contribution in [0.1, 0.15) is 20.7 Å².